The Labute approximate surface area is 76.6 Å². The van der Waals surface area contributed by atoms with Gasteiger partial charge in [-0.3, -0.25) is 0 Å². The van der Waals surface area contributed by atoms with E-state index in [0.29, 0.717) is 5.95 Å². The van der Waals surface area contributed by atoms with E-state index in [9.17, 15) is 0 Å². The van der Waals surface area contributed by atoms with Gasteiger partial charge in [-0.15, -0.1) is 0 Å². The van der Waals surface area contributed by atoms with Crippen LogP contribution in [0.25, 0.3) is 0 Å². The van der Waals surface area contributed by atoms with Crippen LogP contribution in [0.4, 0.5) is 5.95 Å². The molecular weight excluding hydrogens is 176 g/mol. The molecule has 0 amide bonds. The Balaban J connectivity index is 2.85. The minimum absolute atomic E-state index is 0.187. The number of hydrogen-bond donors (Lipinski definition) is 0. The molecule has 0 unspecified atom stereocenters. The van der Waals surface area contributed by atoms with E-state index in [1.165, 1.54) is 0 Å². The summed E-state index contributed by atoms with van der Waals surface area (Å²) in [5, 5.41) is 0.187. The molecule has 1 rings (SSSR count). The fraction of sp³-hybridized carbons (Fsp3) is 0.571. The van der Waals surface area contributed by atoms with Gasteiger partial charge in [0, 0.05) is 13.1 Å². The van der Waals surface area contributed by atoms with Crippen molar-refractivity contribution in [2.24, 2.45) is 0 Å². The largest absolute Gasteiger partial charge is 0.341 e. The molecule has 0 spiro atoms. The molecule has 0 aliphatic rings. The molecule has 5 heteroatoms. The Kier molecular flexibility index (Phi) is 3.22. The summed E-state index contributed by atoms with van der Waals surface area (Å²) in [6, 6.07) is 0. The van der Waals surface area contributed by atoms with Crippen LogP contribution in [-0.4, -0.2) is 28.0 Å². The van der Waals surface area contributed by atoms with Crippen molar-refractivity contribution >= 4 is 17.5 Å². The summed E-state index contributed by atoms with van der Waals surface area (Å²) < 4.78 is 0. The van der Waals surface area contributed by atoms with Gasteiger partial charge < -0.3 is 4.90 Å². The van der Waals surface area contributed by atoms with E-state index in [0.717, 1.165) is 13.1 Å². The minimum atomic E-state index is 0.187. The molecule has 4 nitrogen and oxygen atoms in total. The number of rotatable bonds is 3. The van der Waals surface area contributed by atoms with E-state index in [-0.39, 0.29) is 5.28 Å². The van der Waals surface area contributed by atoms with Crippen LogP contribution in [-0.2, 0) is 0 Å². The second kappa shape index (κ2) is 4.21. The minimum Gasteiger partial charge on any atom is -0.341 e. The number of halogens is 1. The molecule has 0 N–H and O–H groups in total. The Bertz CT molecular complexity index is 249. The van der Waals surface area contributed by atoms with E-state index < -0.39 is 0 Å². The third kappa shape index (κ3) is 2.04. The Morgan fingerprint density at radius 2 is 2.00 bits per heavy atom. The van der Waals surface area contributed by atoms with Crippen molar-refractivity contribution in [3.8, 4) is 0 Å². The molecule has 12 heavy (non-hydrogen) atoms. The van der Waals surface area contributed by atoms with E-state index in [4.69, 9.17) is 11.6 Å². The molecule has 1 radical (unpaired) electrons. The highest BCUT2D eigenvalue weighted by atomic mass is 35.5. The molecule has 0 aromatic carbocycles. The van der Waals surface area contributed by atoms with Crippen LogP contribution >= 0.6 is 11.6 Å². The standard InChI is InChI=1S/C7H10ClN4/c1-3-12(4-2)7-10-5-9-6(8)11-7/h3-4H2,1-2H3. The lowest BCUT2D eigenvalue weighted by molar-refractivity contribution is 0.809. The van der Waals surface area contributed by atoms with Crippen molar-refractivity contribution in [1.29, 1.82) is 0 Å². The van der Waals surface area contributed by atoms with Gasteiger partial charge in [-0.2, -0.15) is 15.0 Å². The summed E-state index contributed by atoms with van der Waals surface area (Å²) in [4.78, 5) is 13.4. The van der Waals surface area contributed by atoms with Crippen molar-refractivity contribution in [3.05, 3.63) is 11.6 Å². The van der Waals surface area contributed by atoms with E-state index in [1.807, 2.05) is 18.7 Å². The summed E-state index contributed by atoms with van der Waals surface area (Å²) >= 11 is 5.58. The molecule has 0 saturated carbocycles. The number of hydrogen-bond acceptors (Lipinski definition) is 4. The smallest absolute Gasteiger partial charge is 0.230 e. The molecule has 1 aromatic rings. The molecule has 0 atom stereocenters. The van der Waals surface area contributed by atoms with Crippen molar-refractivity contribution in [3.63, 3.8) is 0 Å². The van der Waals surface area contributed by atoms with Gasteiger partial charge in [0.15, 0.2) is 0 Å². The molecular formula is C7H10ClN4. The first-order valence-electron chi connectivity index (χ1n) is 3.80. The normalized spacial score (nSPS) is 9.92. The van der Waals surface area contributed by atoms with Crippen LogP contribution in [0.1, 0.15) is 13.8 Å². The lowest BCUT2D eigenvalue weighted by Crippen LogP contribution is -2.24. The highest BCUT2D eigenvalue weighted by Crippen LogP contribution is 2.06. The van der Waals surface area contributed by atoms with Gasteiger partial charge >= 0.3 is 0 Å². The second-order valence-electron chi connectivity index (χ2n) is 2.18. The quantitative estimate of drug-likeness (QED) is 0.709. The van der Waals surface area contributed by atoms with Crippen LogP contribution in [0.5, 0.6) is 0 Å². The van der Waals surface area contributed by atoms with Gasteiger partial charge in [0.2, 0.25) is 17.6 Å². The van der Waals surface area contributed by atoms with Crippen LogP contribution < -0.4 is 4.90 Å². The predicted octanol–water partition coefficient (Wildman–Crippen LogP) is 1.17. The van der Waals surface area contributed by atoms with Crippen LogP contribution in [0.2, 0.25) is 5.28 Å². The van der Waals surface area contributed by atoms with Gasteiger partial charge in [0.1, 0.15) is 0 Å². The van der Waals surface area contributed by atoms with E-state index in [1.54, 1.807) is 0 Å². The molecule has 0 aliphatic heterocycles. The molecule has 0 saturated heterocycles. The van der Waals surface area contributed by atoms with E-state index >= 15 is 0 Å². The first-order valence-corrected chi connectivity index (χ1v) is 4.18. The maximum Gasteiger partial charge on any atom is 0.230 e. The van der Waals surface area contributed by atoms with Crippen molar-refractivity contribution in [1.82, 2.24) is 15.0 Å². The maximum atomic E-state index is 5.58. The van der Waals surface area contributed by atoms with Gasteiger partial charge in [0.05, 0.1) is 0 Å². The molecule has 0 bridgehead atoms. The average molecular weight is 186 g/mol. The zero-order valence-electron chi connectivity index (χ0n) is 7.08. The summed E-state index contributed by atoms with van der Waals surface area (Å²) in [7, 11) is 0. The fourth-order valence-corrected chi connectivity index (χ4v) is 1.00. The van der Waals surface area contributed by atoms with Crippen molar-refractivity contribution in [2.75, 3.05) is 18.0 Å². The highest BCUT2D eigenvalue weighted by molar-refractivity contribution is 6.28. The monoisotopic (exact) mass is 185 g/mol. The Morgan fingerprint density at radius 1 is 1.33 bits per heavy atom. The van der Waals surface area contributed by atoms with Crippen molar-refractivity contribution in [2.45, 2.75) is 13.8 Å². The fourth-order valence-electron chi connectivity index (χ4n) is 0.891. The van der Waals surface area contributed by atoms with Crippen LogP contribution in [0, 0.1) is 6.33 Å². The second-order valence-corrected chi connectivity index (χ2v) is 2.51. The first kappa shape index (κ1) is 9.19. The van der Waals surface area contributed by atoms with Gasteiger partial charge in [-0.1, -0.05) is 0 Å². The lowest BCUT2D eigenvalue weighted by Gasteiger charge is -2.17. The maximum absolute atomic E-state index is 5.58. The van der Waals surface area contributed by atoms with Crippen molar-refractivity contribution < 1.29 is 0 Å². The molecule has 0 aliphatic carbocycles. The summed E-state index contributed by atoms with van der Waals surface area (Å²) in [5.41, 5.74) is 0. The third-order valence-corrected chi connectivity index (χ3v) is 1.70. The Morgan fingerprint density at radius 3 is 2.50 bits per heavy atom. The first-order chi connectivity index (χ1) is 5.77. The lowest BCUT2D eigenvalue weighted by atomic mass is 10.5. The zero-order valence-corrected chi connectivity index (χ0v) is 7.84. The third-order valence-electron chi connectivity index (χ3n) is 1.53. The summed E-state index contributed by atoms with van der Waals surface area (Å²) in [5.74, 6) is 0.583. The Hall–Kier alpha value is -0.900. The highest BCUT2D eigenvalue weighted by Gasteiger charge is 2.04. The van der Waals surface area contributed by atoms with E-state index in [2.05, 4.69) is 21.3 Å². The van der Waals surface area contributed by atoms with Gasteiger partial charge in [-0.25, -0.2) is 0 Å². The molecule has 65 valence electrons. The average Bonchev–Trinajstić information content (AvgIpc) is 2.07. The molecule has 1 aromatic heterocycles. The molecule has 0 fully saturated rings. The zero-order chi connectivity index (χ0) is 8.97. The summed E-state index contributed by atoms with van der Waals surface area (Å²) in [6.45, 7) is 5.76. The summed E-state index contributed by atoms with van der Waals surface area (Å²) in [6.07, 6.45) is 2.44. The number of nitrogens with zero attached hydrogens (tertiary/aromatic N) is 4. The number of aromatic nitrogens is 3. The van der Waals surface area contributed by atoms with Crippen LogP contribution in [0.3, 0.4) is 0 Å². The SMILES string of the molecule is CCN(CC)c1n[c]nc(Cl)n1. The number of anilines is 1. The predicted molar refractivity (Wildman–Crippen MR) is 47.2 cm³/mol. The van der Waals surface area contributed by atoms with Gasteiger partial charge in [0.25, 0.3) is 0 Å². The topological polar surface area (TPSA) is 41.9 Å². The van der Waals surface area contributed by atoms with Crippen LogP contribution in [0.15, 0.2) is 0 Å². The molecule has 1 heterocycles. The van der Waals surface area contributed by atoms with Gasteiger partial charge in [-0.05, 0) is 25.4 Å².